The van der Waals surface area contributed by atoms with Gasteiger partial charge >= 0.3 is 0 Å². The van der Waals surface area contributed by atoms with E-state index in [9.17, 15) is 4.79 Å². The summed E-state index contributed by atoms with van der Waals surface area (Å²) < 4.78 is 0. The van der Waals surface area contributed by atoms with Crippen LogP contribution in [0.4, 0.5) is 0 Å². The monoisotopic (exact) mass is 232 g/mol. The third kappa shape index (κ3) is 3.17. The topological polar surface area (TPSA) is 17.1 Å². The van der Waals surface area contributed by atoms with Crippen molar-refractivity contribution in [2.24, 2.45) is 0 Å². The molecule has 0 fully saturated rings. The lowest BCUT2D eigenvalue weighted by molar-refractivity contribution is -0.113. The van der Waals surface area contributed by atoms with Gasteiger partial charge in [-0.3, -0.25) is 4.79 Å². The minimum Gasteiger partial charge on any atom is -0.295 e. The van der Waals surface area contributed by atoms with E-state index in [0.29, 0.717) is 11.8 Å². The van der Waals surface area contributed by atoms with Crippen LogP contribution >= 0.6 is 0 Å². The van der Waals surface area contributed by atoms with Crippen molar-refractivity contribution in [1.29, 1.82) is 0 Å². The normalized spacial score (nSPS) is 12.6. The molecular formula is C14H20OSi. The smallest absolute Gasteiger partial charge is 0.155 e. The summed E-state index contributed by atoms with van der Waals surface area (Å²) in [6, 6.07) is 11.1. The largest absolute Gasteiger partial charge is 0.295 e. The van der Waals surface area contributed by atoms with E-state index in [1.54, 1.807) is 0 Å². The second-order valence-corrected chi connectivity index (χ2v) is 9.52. The molecule has 0 saturated heterocycles. The number of Topliss-reactive ketones (excluding diaryl/α,β-unsaturated/α-hetero) is 1. The molecule has 0 atom stereocenters. The quantitative estimate of drug-likeness (QED) is 0.576. The fourth-order valence-electron chi connectivity index (χ4n) is 1.69. The molecule has 0 aliphatic carbocycles. The Morgan fingerprint density at radius 3 is 2.31 bits per heavy atom. The first-order valence-corrected chi connectivity index (χ1v) is 8.90. The molecule has 0 spiro atoms. The van der Waals surface area contributed by atoms with Crippen molar-refractivity contribution in [2.75, 3.05) is 0 Å². The van der Waals surface area contributed by atoms with Gasteiger partial charge in [-0.15, -0.1) is 0 Å². The predicted molar refractivity (Wildman–Crippen MR) is 72.8 cm³/mol. The predicted octanol–water partition coefficient (Wildman–Crippen LogP) is 3.14. The van der Waals surface area contributed by atoms with Crippen LogP contribution in [0, 0.1) is 0 Å². The molecule has 86 valence electrons. The number of ketones is 1. The van der Waals surface area contributed by atoms with Gasteiger partial charge in [0.05, 0.1) is 8.07 Å². The van der Waals surface area contributed by atoms with Crippen LogP contribution in [0.2, 0.25) is 19.1 Å². The van der Waals surface area contributed by atoms with Crippen molar-refractivity contribution >= 4 is 19.0 Å². The lowest BCUT2D eigenvalue weighted by Crippen LogP contribution is -2.43. The first-order valence-electron chi connectivity index (χ1n) is 5.69. The Bertz CT molecular complexity index is 390. The van der Waals surface area contributed by atoms with Gasteiger partial charge in [-0.25, -0.2) is 0 Å². The zero-order valence-corrected chi connectivity index (χ0v) is 11.6. The van der Waals surface area contributed by atoms with Gasteiger partial charge in [0, 0.05) is 6.04 Å². The Kier molecular flexibility index (Phi) is 4.24. The Morgan fingerprint density at radius 1 is 1.25 bits per heavy atom. The number of benzene rings is 1. The van der Waals surface area contributed by atoms with Crippen molar-refractivity contribution in [3.8, 4) is 0 Å². The van der Waals surface area contributed by atoms with Gasteiger partial charge in [-0.05, 0) is 19.4 Å². The number of carbonyl (C=O) groups is 1. The van der Waals surface area contributed by atoms with Gasteiger partial charge in [0.15, 0.2) is 5.78 Å². The molecule has 2 heteroatoms. The Labute approximate surface area is 99.2 Å². The minimum absolute atomic E-state index is 0.294. The summed E-state index contributed by atoms with van der Waals surface area (Å²) in [4.78, 5) is 11.9. The molecule has 1 nitrogen and oxygen atoms in total. The summed E-state index contributed by atoms with van der Waals surface area (Å²) in [5, 5.41) is 1.35. The van der Waals surface area contributed by atoms with E-state index in [1.165, 1.54) is 5.19 Å². The molecule has 1 aromatic carbocycles. The maximum absolute atomic E-state index is 11.9. The van der Waals surface area contributed by atoms with Gasteiger partial charge < -0.3 is 0 Å². The number of carbonyl (C=O) groups excluding carboxylic acids is 1. The fraction of sp³-hybridized carbons (Fsp3) is 0.357. The molecule has 0 bridgehead atoms. The summed E-state index contributed by atoms with van der Waals surface area (Å²) in [5.74, 6) is 0.294. The summed E-state index contributed by atoms with van der Waals surface area (Å²) >= 11 is 0. The number of hydrogen-bond donors (Lipinski definition) is 0. The van der Waals surface area contributed by atoms with Crippen LogP contribution in [0.15, 0.2) is 42.0 Å². The molecule has 0 saturated carbocycles. The summed E-state index contributed by atoms with van der Waals surface area (Å²) in [6.45, 7) is 8.33. The van der Waals surface area contributed by atoms with Crippen LogP contribution in [-0.2, 0) is 4.79 Å². The lowest BCUT2D eigenvalue weighted by atomic mass is 10.2. The first kappa shape index (κ1) is 12.9. The highest BCUT2D eigenvalue weighted by molar-refractivity contribution is 6.92. The molecule has 1 aromatic rings. The lowest BCUT2D eigenvalue weighted by Gasteiger charge is -2.22. The molecule has 0 unspecified atom stereocenters. The van der Waals surface area contributed by atoms with Gasteiger partial charge in [0.2, 0.25) is 0 Å². The standard InChI is InChI=1S/C14H20OSi/c1-5-12(2)14(15)11-16(3,4)13-9-7-6-8-10-13/h5-10H,11H2,1-4H3/b12-5+. The Morgan fingerprint density at radius 2 is 1.81 bits per heavy atom. The zero-order chi connectivity index (χ0) is 12.2. The van der Waals surface area contributed by atoms with Crippen LogP contribution in [0.3, 0.4) is 0 Å². The van der Waals surface area contributed by atoms with E-state index in [-0.39, 0.29) is 0 Å². The van der Waals surface area contributed by atoms with Crippen molar-refractivity contribution in [3.63, 3.8) is 0 Å². The van der Waals surface area contributed by atoms with E-state index < -0.39 is 8.07 Å². The summed E-state index contributed by atoms with van der Waals surface area (Å²) in [7, 11) is -1.61. The Hall–Kier alpha value is -1.15. The maximum Gasteiger partial charge on any atom is 0.155 e. The average molecular weight is 232 g/mol. The summed E-state index contributed by atoms with van der Waals surface area (Å²) in [6.07, 6.45) is 1.90. The second-order valence-electron chi connectivity index (χ2n) is 4.82. The van der Waals surface area contributed by atoms with E-state index in [4.69, 9.17) is 0 Å². The molecular weight excluding hydrogens is 212 g/mol. The molecule has 0 radical (unpaired) electrons. The maximum atomic E-state index is 11.9. The van der Waals surface area contributed by atoms with E-state index >= 15 is 0 Å². The minimum atomic E-state index is -1.61. The molecule has 16 heavy (non-hydrogen) atoms. The molecule has 0 aromatic heterocycles. The Balaban J connectivity index is 2.84. The van der Waals surface area contributed by atoms with Crippen LogP contribution in [0.25, 0.3) is 0 Å². The average Bonchev–Trinajstić information content (AvgIpc) is 2.28. The molecule has 1 rings (SSSR count). The highest BCUT2D eigenvalue weighted by Crippen LogP contribution is 2.13. The van der Waals surface area contributed by atoms with Crippen LogP contribution in [-0.4, -0.2) is 13.9 Å². The van der Waals surface area contributed by atoms with Crippen molar-refractivity contribution in [1.82, 2.24) is 0 Å². The van der Waals surface area contributed by atoms with Crippen LogP contribution in [0.5, 0.6) is 0 Å². The highest BCUT2D eigenvalue weighted by atomic mass is 28.3. The summed E-state index contributed by atoms with van der Waals surface area (Å²) in [5.41, 5.74) is 0.886. The van der Waals surface area contributed by atoms with Crippen LogP contribution < -0.4 is 5.19 Å². The highest BCUT2D eigenvalue weighted by Gasteiger charge is 2.26. The first-order chi connectivity index (χ1) is 7.47. The number of allylic oxidation sites excluding steroid dienone is 2. The van der Waals surface area contributed by atoms with Gasteiger partial charge in [0.25, 0.3) is 0 Å². The van der Waals surface area contributed by atoms with Gasteiger partial charge in [0.1, 0.15) is 0 Å². The van der Waals surface area contributed by atoms with Crippen LogP contribution in [0.1, 0.15) is 13.8 Å². The number of hydrogen-bond acceptors (Lipinski definition) is 1. The molecule has 0 heterocycles. The van der Waals surface area contributed by atoms with E-state index in [1.807, 2.05) is 26.0 Å². The van der Waals surface area contributed by atoms with Gasteiger partial charge in [-0.1, -0.05) is 54.7 Å². The SMILES string of the molecule is C/C=C(\C)C(=O)C[Si](C)(C)c1ccccc1. The van der Waals surface area contributed by atoms with Crippen molar-refractivity contribution in [2.45, 2.75) is 33.0 Å². The van der Waals surface area contributed by atoms with E-state index in [0.717, 1.165) is 5.57 Å². The molecule has 0 N–H and O–H groups in total. The van der Waals surface area contributed by atoms with Gasteiger partial charge in [-0.2, -0.15) is 0 Å². The van der Waals surface area contributed by atoms with Crippen molar-refractivity contribution < 1.29 is 4.79 Å². The molecule has 0 aliphatic heterocycles. The third-order valence-corrected chi connectivity index (χ3v) is 6.13. The number of rotatable bonds is 4. The third-order valence-electron chi connectivity index (χ3n) is 3.03. The second kappa shape index (κ2) is 5.26. The molecule has 0 amide bonds. The van der Waals surface area contributed by atoms with E-state index in [2.05, 4.69) is 37.4 Å². The fourth-order valence-corrected chi connectivity index (χ4v) is 4.07. The molecule has 0 aliphatic rings. The van der Waals surface area contributed by atoms with Crippen molar-refractivity contribution in [3.05, 3.63) is 42.0 Å². The zero-order valence-electron chi connectivity index (χ0n) is 10.6.